The molecule has 0 aromatic carbocycles. The third kappa shape index (κ3) is 1.14. The number of fused-ring (bicyclic) bond motifs is 5. The van der Waals surface area contributed by atoms with Gasteiger partial charge in [0.2, 0.25) is 5.79 Å². The predicted octanol–water partition coefficient (Wildman–Crippen LogP) is 4.01. The fourth-order valence-electron chi connectivity index (χ4n) is 4.86. The van der Waals surface area contributed by atoms with E-state index < -0.39 is 15.5 Å². The second kappa shape index (κ2) is 3.85. The number of hydrogen-bond acceptors (Lipinski definition) is 2. The number of hydrogen-bond donors (Lipinski definition) is 0. The minimum atomic E-state index is -1.17. The first kappa shape index (κ1) is 13.7. The first-order valence-corrected chi connectivity index (χ1v) is 8.58. The van der Waals surface area contributed by atoms with Crippen LogP contribution in [0, 0.1) is 23.7 Å². The first-order chi connectivity index (χ1) is 9.98. The first-order valence-electron chi connectivity index (χ1n) is 7.07. The van der Waals surface area contributed by atoms with Crippen LogP contribution in [-0.4, -0.2) is 28.7 Å². The maximum atomic E-state index is 7.09. The van der Waals surface area contributed by atoms with Crippen LogP contribution in [-0.2, 0) is 9.47 Å². The Morgan fingerprint density at radius 1 is 0.905 bits per heavy atom. The highest BCUT2D eigenvalue weighted by atomic mass is 35.5. The fraction of sp³-hybridized carbons (Fsp3) is 0.600. The molecule has 0 N–H and O–H groups in total. The van der Waals surface area contributed by atoms with Crippen LogP contribution in [0.25, 0.3) is 0 Å². The van der Waals surface area contributed by atoms with Crippen LogP contribution in [0.4, 0.5) is 0 Å². The zero-order valence-corrected chi connectivity index (χ0v) is 13.9. The van der Waals surface area contributed by atoms with Gasteiger partial charge in [-0.3, -0.25) is 0 Å². The van der Waals surface area contributed by atoms with Gasteiger partial charge in [-0.1, -0.05) is 47.5 Å². The Balaban J connectivity index is 1.81. The molecule has 21 heavy (non-hydrogen) atoms. The number of halogens is 4. The van der Waals surface area contributed by atoms with E-state index in [0.717, 1.165) is 0 Å². The zero-order chi connectivity index (χ0) is 14.6. The molecule has 5 rings (SSSR count). The van der Waals surface area contributed by atoms with Gasteiger partial charge in [0.05, 0.1) is 23.3 Å². The molecular weight excluding hydrogens is 354 g/mol. The lowest BCUT2D eigenvalue weighted by molar-refractivity contribution is -0.173. The van der Waals surface area contributed by atoms with Crippen LogP contribution in [0.15, 0.2) is 34.4 Å². The Labute approximate surface area is 142 Å². The van der Waals surface area contributed by atoms with Gasteiger partial charge in [-0.2, -0.15) is 0 Å². The van der Waals surface area contributed by atoms with Gasteiger partial charge in [-0.05, 0) is 5.92 Å². The van der Waals surface area contributed by atoms with E-state index in [9.17, 15) is 0 Å². The molecule has 6 heteroatoms. The molecule has 0 amide bonds. The molecule has 1 spiro atoms. The van der Waals surface area contributed by atoms with Gasteiger partial charge in [0.1, 0.15) is 9.75 Å². The third-order valence-corrected chi connectivity index (χ3v) is 8.39. The lowest BCUT2D eigenvalue weighted by atomic mass is 9.61. The Morgan fingerprint density at radius 3 is 2.14 bits per heavy atom. The maximum Gasteiger partial charge on any atom is 0.218 e. The minimum Gasteiger partial charge on any atom is -0.344 e. The average Bonchev–Trinajstić information content (AvgIpc) is 3.02. The molecule has 0 aromatic rings. The van der Waals surface area contributed by atoms with Gasteiger partial charge in [0, 0.05) is 17.8 Å². The van der Waals surface area contributed by atoms with Crippen molar-refractivity contribution in [2.45, 2.75) is 15.5 Å². The molecule has 5 aliphatic rings. The summed E-state index contributed by atoms with van der Waals surface area (Å²) < 4.78 is 12.0. The van der Waals surface area contributed by atoms with Crippen molar-refractivity contribution in [1.82, 2.24) is 0 Å². The van der Waals surface area contributed by atoms with E-state index in [1.165, 1.54) is 0 Å². The monoisotopic (exact) mass is 364 g/mol. The lowest BCUT2D eigenvalue weighted by Crippen LogP contribution is -2.56. The van der Waals surface area contributed by atoms with Gasteiger partial charge in [-0.25, -0.2) is 0 Å². The predicted molar refractivity (Wildman–Crippen MR) is 82.8 cm³/mol. The van der Waals surface area contributed by atoms with E-state index >= 15 is 0 Å². The molecule has 0 aromatic heterocycles. The summed E-state index contributed by atoms with van der Waals surface area (Å²) in [5.74, 6) is -0.486. The highest BCUT2D eigenvalue weighted by molar-refractivity contribution is 6.52. The van der Waals surface area contributed by atoms with Crippen molar-refractivity contribution in [3.05, 3.63) is 34.4 Å². The number of rotatable bonds is 0. The third-order valence-electron chi connectivity index (χ3n) is 5.74. The van der Waals surface area contributed by atoms with Gasteiger partial charge in [0.25, 0.3) is 0 Å². The van der Waals surface area contributed by atoms with Crippen molar-refractivity contribution in [2.75, 3.05) is 13.2 Å². The van der Waals surface area contributed by atoms with Crippen molar-refractivity contribution in [1.29, 1.82) is 0 Å². The van der Waals surface area contributed by atoms with Crippen LogP contribution < -0.4 is 0 Å². The maximum absolute atomic E-state index is 7.09. The van der Waals surface area contributed by atoms with Gasteiger partial charge >= 0.3 is 0 Å². The van der Waals surface area contributed by atoms with Crippen molar-refractivity contribution in [3.63, 3.8) is 0 Å². The molecule has 0 unspecified atom stereocenters. The largest absolute Gasteiger partial charge is 0.344 e. The molecule has 2 fully saturated rings. The minimum absolute atomic E-state index is 0.0322. The molecule has 6 atom stereocenters. The van der Waals surface area contributed by atoms with Crippen LogP contribution in [0.1, 0.15) is 0 Å². The number of alkyl halides is 2. The Bertz CT molecular complexity index is 636. The average molecular weight is 366 g/mol. The normalized spacial score (nSPS) is 55.0. The second-order valence-electron chi connectivity index (χ2n) is 6.34. The van der Waals surface area contributed by atoms with Crippen LogP contribution in [0.2, 0.25) is 0 Å². The highest BCUT2D eigenvalue weighted by Gasteiger charge is 2.86. The van der Waals surface area contributed by atoms with E-state index in [2.05, 4.69) is 24.3 Å². The molecule has 1 saturated carbocycles. The summed E-state index contributed by atoms with van der Waals surface area (Å²) in [4.78, 5) is -2.06. The summed E-state index contributed by atoms with van der Waals surface area (Å²) in [5, 5.41) is 0.758. The molecular formula is C15H12Cl4O2. The summed E-state index contributed by atoms with van der Waals surface area (Å²) in [5.41, 5.74) is 0. The van der Waals surface area contributed by atoms with E-state index in [-0.39, 0.29) is 11.8 Å². The Hall–Kier alpha value is 0.300. The van der Waals surface area contributed by atoms with Gasteiger partial charge in [0.15, 0.2) is 0 Å². The fourth-order valence-corrected chi connectivity index (χ4v) is 7.00. The lowest BCUT2D eigenvalue weighted by Gasteiger charge is -2.46. The van der Waals surface area contributed by atoms with E-state index in [1.54, 1.807) is 0 Å². The van der Waals surface area contributed by atoms with Crippen LogP contribution in [0.3, 0.4) is 0 Å². The molecule has 1 saturated heterocycles. The SMILES string of the molecule is ClC1=C(Cl)[C@@]2(Cl)[C@@H]3C=C[C@H]4C=C[C@H]4[C@H]3[C@@]1(Cl)C21OCCO1. The van der Waals surface area contributed by atoms with Gasteiger partial charge < -0.3 is 9.47 Å². The molecule has 1 heterocycles. The molecule has 1 aliphatic heterocycles. The van der Waals surface area contributed by atoms with E-state index in [1.807, 2.05) is 0 Å². The van der Waals surface area contributed by atoms with Crippen LogP contribution >= 0.6 is 46.4 Å². The Kier molecular flexibility index (Phi) is 2.52. The summed E-state index contributed by atoms with van der Waals surface area (Å²) in [6.07, 6.45) is 8.65. The quantitative estimate of drug-likeness (QED) is 0.477. The Morgan fingerprint density at radius 2 is 1.52 bits per heavy atom. The summed E-state index contributed by atoms with van der Waals surface area (Å²) >= 11 is 27.1. The van der Waals surface area contributed by atoms with Crippen molar-refractivity contribution < 1.29 is 9.47 Å². The van der Waals surface area contributed by atoms with Crippen molar-refractivity contribution in [3.8, 4) is 0 Å². The molecule has 4 aliphatic carbocycles. The van der Waals surface area contributed by atoms with Crippen LogP contribution in [0.5, 0.6) is 0 Å². The molecule has 112 valence electrons. The smallest absolute Gasteiger partial charge is 0.218 e. The molecule has 2 bridgehead atoms. The molecule has 2 nitrogen and oxygen atoms in total. The van der Waals surface area contributed by atoms with E-state index in [0.29, 0.717) is 35.1 Å². The highest BCUT2D eigenvalue weighted by Crippen LogP contribution is 2.77. The van der Waals surface area contributed by atoms with Crippen molar-refractivity contribution in [2.24, 2.45) is 23.7 Å². The zero-order valence-electron chi connectivity index (χ0n) is 10.9. The topological polar surface area (TPSA) is 18.5 Å². The second-order valence-corrected chi connectivity index (χ2v) is 8.29. The summed E-state index contributed by atoms with van der Waals surface area (Å²) in [6.45, 7) is 0.898. The standard InChI is InChI=1S/C15H12Cl4O2/c16-11-12(17)14(19)10-8-3-1-7(8)2-4-9(10)13(11,18)15(14)20-5-6-21-15/h1-4,7-10H,5-6H2/t7-,8-,9-,10-,13+,14+/m1/s1. The summed E-state index contributed by atoms with van der Waals surface area (Å²) in [7, 11) is 0. The number of allylic oxidation sites excluding steroid dienone is 4. The van der Waals surface area contributed by atoms with E-state index in [4.69, 9.17) is 55.9 Å². The van der Waals surface area contributed by atoms with Gasteiger partial charge in [-0.15, -0.1) is 23.2 Å². The molecule has 0 radical (unpaired) electrons. The number of ether oxygens (including phenoxy) is 2. The van der Waals surface area contributed by atoms with Crippen molar-refractivity contribution >= 4 is 46.4 Å². The summed E-state index contributed by atoms with van der Waals surface area (Å²) in [6, 6.07) is 0.